The maximum absolute atomic E-state index is 3.83. The highest BCUT2D eigenvalue weighted by Gasteiger charge is 2.20. The van der Waals surface area contributed by atoms with Gasteiger partial charge in [-0.15, -0.1) is 0 Å². The van der Waals surface area contributed by atoms with Crippen LogP contribution in [0.1, 0.15) is 63.6 Å². The van der Waals surface area contributed by atoms with Gasteiger partial charge in [-0.25, -0.2) is 0 Å². The normalized spacial score (nSPS) is 20.8. The lowest BCUT2D eigenvalue weighted by molar-refractivity contribution is 0.375. The quantitative estimate of drug-likeness (QED) is 0.806. The van der Waals surface area contributed by atoms with Crippen molar-refractivity contribution in [2.75, 3.05) is 0 Å². The van der Waals surface area contributed by atoms with Crippen LogP contribution in [0.25, 0.3) is 0 Å². The summed E-state index contributed by atoms with van der Waals surface area (Å²) in [6.07, 6.45) is 6.49. The average Bonchev–Trinajstić information content (AvgIpc) is 2.37. The summed E-state index contributed by atoms with van der Waals surface area (Å²) in [5.74, 6) is 0.813. The SMILES string of the molecule is CC(C)CCC(C)NC1CCCc2ccccc21. The van der Waals surface area contributed by atoms with Gasteiger partial charge in [-0.2, -0.15) is 0 Å². The highest BCUT2D eigenvalue weighted by Crippen LogP contribution is 2.30. The van der Waals surface area contributed by atoms with Crippen LogP contribution in [0, 0.1) is 5.92 Å². The van der Waals surface area contributed by atoms with E-state index < -0.39 is 0 Å². The Kier molecular flexibility index (Phi) is 4.82. The molecule has 2 unspecified atom stereocenters. The van der Waals surface area contributed by atoms with E-state index in [-0.39, 0.29) is 0 Å². The number of fused-ring (bicyclic) bond motifs is 1. The lowest BCUT2D eigenvalue weighted by Crippen LogP contribution is -2.32. The molecule has 1 nitrogen and oxygen atoms in total. The predicted octanol–water partition coefficient (Wildman–Crippen LogP) is 4.48. The van der Waals surface area contributed by atoms with E-state index in [0.29, 0.717) is 12.1 Å². The molecular weight excluding hydrogens is 218 g/mol. The largest absolute Gasteiger partial charge is 0.307 e. The Hall–Kier alpha value is -0.820. The predicted molar refractivity (Wildman–Crippen MR) is 78.8 cm³/mol. The zero-order valence-corrected chi connectivity index (χ0v) is 12.1. The third kappa shape index (κ3) is 3.58. The van der Waals surface area contributed by atoms with Crippen molar-refractivity contribution in [3.8, 4) is 0 Å². The standard InChI is InChI=1S/C17H27N/c1-13(2)11-12-14(3)18-17-10-6-8-15-7-4-5-9-16(15)17/h4-5,7,9,13-14,17-18H,6,8,10-12H2,1-3H3. The van der Waals surface area contributed by atoms with Gasteiger partial charge in [-0.05, 0) is 56.1 Å². The summed E-state index contributed by atoms with van der Waals surface area (Å²) in [6.45, 7) is 6.95. The Bertz CT molecular complexity index is 370. The molecule has 0 spiro atoms. The lowest BCUT2D eigenvalue weighted by atomic mass is 9.87. The molecular formula is C17H27N. The molecule has 0 saturated heterocycles. The summed E-state index contributed by atoms with van der Waals surface area (Å²) in [4.78, 5) is 0. The van der Waals surface area contributed by atoms with Crippen molar-refractivity contribution in [2.45, 2.75) is 65.0 Å². The Labute approximate surface area is 112 Å². The van der Waals surface area contributed by atoms with E-state index in [1.54, 1.807) is 11.1 Å². The number of hydrogen-bond acceptors (Lipinski definition) is 1. The topological polar surface area (TPSA) is 12.0 Å². The molecule has 0 radical (unpaired) electrons. The van der Waals surface area contributed by atoms with Crippen LogP contribution in [0.2, 0.25) is 0 Å². The van der Waals surface area contributed by atoms with Gasteiger partial charge in [0.2, 0.25) is 0 Å². The fourth-order valence-electron chi connectivity index (χ4n) is 2.94. The molecule has 100 valence electrons. The Balaban J connectivity index is 1.94. The average molecular weight is 245 g/mol. The second-order valence-corrected chi connectivity index (χ2v) is 6.18. The van der Waals surface area contributed by atoms with E-state index in [9.17, 15) is 0 Å². The van der Waals surface area contributed by atoms with Crippen LogP contribution in [0.15, 0.2) is 24.3 Å². The highest BCUT2D eigenvalue weighted by molar-refractivity contribution is 5.32. The van der Waals surface area contributed by atoms with Gasteiger partial charge in [0.1, 0.15) is 0 Å². The minimum Gasteiger partial charge on any atom is -0.307 e. The summed E-state index contributed by atoms with van der Waals surface area (Å²) in [6, 6.07) is 10.2. The number of hydrogen-bond donors (Lipinski definition) is 1. The zero-order chi connectivity index (χ0) is 13.0. The molecule has 1 aliphatic carbocycles. The van der Waals surface area contributed by atoms with Crippen molar-refractivity contribution in [2.24, 2.45) is 5.92 Å². The minimum atomic E-state index is 0.581. The van der Waals surface area contributed by atoms with Crippen molar-refractivity contribution in [3.63, 3.8) is 0 Å². The Morgan fingerprint density at radius 2 is 1.94 bits per heavy atom. The van der Waals surface area contributed by atoms with Gasteiger partial charge in [0.05, 0.1) is 0 Å². The van der Waals surface area contributed by atoms with Crippen molar-refractivity contribution >= 4 is 0 Å². The highest BCUT2D eigenvalue weighted by atomic mass is 14.9. The molecule has 0 bridgehead atoms. The molecule has 1 aliphatic rings. The number of benzene rings is 1. The first-order chi connectivity index (χ1) is 8.66. The third-order valence-corrected chi connectivity index (χ3v) is 4.03. The van der Waals surface area contributed by atoms with Crippen LogP contribution in [0.5, 0.6) is 0 Å². The molecule has 1 heteroatoms. The molecule has 0 fully saturated rings. The summed E-state index contributed by atoms with van der Waals surface area (Å²) in [7, 11) is 0. The Morgan fingerprint density at radius 1 is 1.17 bits per heavy atom. The van der Waals surface area contributed by atoms with Gasteiger partial charge >= 0.3 is 0 Å². The number of nitrogens with one attached hydrogen (secondary N) is 1. The van der Waals surface area contributed by atoms with Gasteiger partial charge in [0.15, 0.2) is 0 Å². The second kappa shape index (κ2) is 6.38. The van der Waals surface area contributed by atoms with Gasteiger partial charge in [0.25, 0.3) is 0 Å². The fraction of sp³-hybridized carbons (Fsp3) is 0.647. The second-order valence-electron chi connectivity index (χ2n) is 6.18. The zero-order valence-electron chi connectivity index (χ0n) is 12.1. The molecule has 0 aromatic heterocycles. The Morgan fingerprint density at radius 3 is 2.72 bits per heavy atom. The first-order valence-electron chi connectivity index (χ1n) is 7.50. The van der Waals surface area contributed by atoms with Gasteiger partial charge in [0, 0.05) is 12.1 Å². The van der Waals surface area contributed by atoms with Crippen LogP contribution in [0.4, 0.5) is 0 Å². The monoisotopic (exact) mass is 245 g/mol. The van der Waals surface area contributed by atoms with E-state index >= 15 is 0 Å². The minimum absolute atomic E-state index is 0.581. The van der Waals surface area contributed by atoms with E-state index in [4.69, 9.17) is 0 Å². The van der Waals surface area contributed by atoms with Crippen molar-refractivity contribution < 1.29 is 0 Å². The van der Waals surface area contributed by atoms with E-state index in [1.807, 2.05) is 0 Å². The van der Waals surface area contributed by atoms with Crippen LogP contribution >= 0.6 is 0 Å². The molecule has 0 aliphatic heterocycles. The maximum atomic E-state index is 3.83. The lowest BCUT2D eigenvalue weighted by Gasteiger charge is -2.29. The maximum Gasteiger partial charge on any atom is 0.0325 e. The molecule has 0 heterocycles. The smallest absolute Gasteiger partial charge is 0.0325 e. The van der Waals surface area contributed by atoms with E-state index in [1.165, 1.54) is 32.1 Å². The van der Waals surface area contributed by atoms with Crippen LogP contribution in [0.3, 0.4) is 0 Å². The van der Waals surface area contributed by atoms with E-state index in [2.05, 4.69) is 50.4 Å². The van der Waals surface area contributed by atoms with Crippen LogP contribution in [-0.4, -0.2) is 6.04 Å². The molecule has 0 saturated carbocycles. The van der Waals surface area contributed by atoms with Gasteiger partial charge < -0.3 is 5.32 Å². The molecule has 1 N–H and O–H groups in total. The van der Waals surface area contributed by atoms with Crippen LogP contribution in [-0.2, 0) is 6.42 Å². The van der Waals surface area contributed by atoms with Crippen molar-refractivity contribution in [1.82, 2.24) is 5.32 Å². The first-order valence-corrected chi connectivity index (χ1v) is 7.50. The van der Waals surface area contributed by atoms with Gasteiger partial charge in [-0.1, -0.05) is 38.1 Å². The van der Waals surface area contributed by atoms with Crippen molar-refractivity contribution in [1.29, 1.82) is 0 Å². The first kappa shape index (κ1) is 13.6. The number of rotatable bonds is 5. The molecule has 2 atom stereocenters. The summed E-state index contributed by atoms with van der Waals surface area (Å²) < 4.78 is 0. The number of aryl methyl sites for hydroxylation is 1. The van der Waals surface area contributed by atoms with Crippen molar-refractivity contribution in [3.05, 3.63) is 35.4 Å². The summed E-state index contributed by atoms with van der Waals surface area (Å²) in [5.41, 5.74) is 3.09. The molecule has 18 heavy (non-hydrogen) atoms. The summed E-state index contributed by atoms with van der Waals surface area (Å²) in [5, 5.41) is 3.83. The van der Waals surface area contributed by atoms with Gasteiger partial charge in [-0.3, -0.25) is 0 Å². The summed E-state index contributed by atoms with van der Waals surface area (Å²) >= 11 is 0. The molecule has 1 aromatic carbocycles. The van der Waals surface area contributed by atoms with Crippen LogP contribution < -0.4 is 5.32 Å². The fourth-order valence-corrected chi connectivity index (χ4v) is 2.94. The molecule has 2 rings (SSSR count). The third-order valence-electron chi connectivity index (χ3n) is 4.03. The molecule has 1 aromatic rings. The van der Waals surface area contributed by atoms with E-state index in [0.717, 1.165) is 5.92 Å². The molecule has 0 amide bonds.